The molecule has 0 aromatic heterocycles. The molecule has 1 saturated heterocycles. The van der Waals surface area contributed by atoms with Crippen LogP contribution in [0.25, 0.3) is 0 Å². The van der Waals surface area contributed by atoms with Gasteiger partial charge in [-0.3, -0.25) is 4.99 Å². The first-order valence-electron chi connectivity index (χ1n) is 5.44. The van der Waals surface area contributed by atoms with Crippen molar-refractivity contribution in [2.24, 2.45) is 16.6 Å². The van der Waals surface area contributed by atoms with Crippen molar-refractivity contribution in [3.05, 3.63) is 0 Å². The number of nitrogens with zero attached hydrogens (tertiary/aromatic N) is 1. The molecule has 0 unspecified atom stereocenters. The van der Waals surface area contributed by atoms with E-state index in [0.29, 0.717) is 5.96 Å². The highest BCUT2D eigenvalue weighted by atomic mass is 32.2. The molecular formula is C10H21N3S. The van der Waals surface area contributed by atoms with Gasteiger partial charge in [0.15, 0.2) is 5.96 Å². The molecule has 0 bridgehead atoms. The van der Waals surface area contributed by atoms with Gasteiger partial charge in [-0.25, -0.2) is 0 Å². The van der Waals surface area contributed by atoms with E-state index in [9.17, 15) is 0 Å². The van der Waals surface area contributed by atoms with Gasteiger partial charge in [-0.1, -0.05) is 6.92 Å². The normalized spacial score (nSPS) is 19.6. The maximum Gasteiger partial charge on any atom is 0.188 e. The van der Waals surface area contributed by atoms with Crippen LogP contribution in [0.4, 0.5) is 0 Å². The molecule has 0 atom stereocenters. The highest BCUT2D eigenvalue weighted by Gasteiger charge is 2.12. The van der Waals surface area contributed by atoms with Gasteiger partial charge in [0, 0.05) is 13.1 Å². The minimum atomic E-state index is 0.616. The highest BCUT2D eigenvalue weighted by Crippen LogP contribution is 2.22. The second-order valence-corrected chi connectivity index (χ2v) is 4.93. The lowest BCUT2D eigenvalue weighted by Crippen LogP contribution is -2.32. The molecule has 0 aliphatic carbocycles. The molecule has 1 heterocycles. The van der Waals surface area contributed by atoms with Gasteiger partial charge in [-0.15, -0.1) is 0 Å². The first-order chi connectivity index (χ1) is 6.83. The van der Waals surface area contributed by atoms with E-state index in [1.807, 2.05) is 0 Å². The second kappa shape index (κ2) is 6.98. The summed E-state index contributed by atoms with van der Waals surface area (Å²) in [4.78, 5) is 4.36. The maximum absolute atomic E-state index is 5.71. The summed E-state index contributed by atoms with van der Waals surface area (Å²) in [5.74, 6) is 3.97. The van der Waals surface area contributed by atoms with Crippen LogP contribution in [0.2, 0.25) is 0 Å². The van der Waals surface area contributed by atoms with Crippen LogP contribution in [0.3, 0.4) is 0 Å². The Bertz CT molecular complexity index is 176. The molecule has 0 amide bonds. The first kappa shape index (κ1) is 11.7. The fraction of sp³-hybridized carbons (Fsp3) is 0.900. The molecule has 1 fully saturated rings. The van der Waals surface area contributed by atoms with Gasteiger partial charge in [0.25, 0.3) is 0 Å². The maximum atomic E-state index is 5.71. The van der Waals surface area contributed by atoms with Gasteiger partial charge in [-0.2, -0.15) is 11.8 Å². The van der Waals surface area contributed by atoms with E-state index >= 15 is 0 Å². The molecule has 1 aliphatic heterocycles. The van der Waals surface area contributed by atoms with Crippen LogP contribution < -0.4 is 11.1 Å². The van der Waals surface area contributed by atoms with Gasteiger partial charge in [0.1, 0.15) is 0 Å². The van der Waals surface area contributed by atoms with Crippen molar-refractivity contribution in [2.75, 3.05) is 24.6 Å². The van der Waals surface area contributed by atoms with E-state index in [0.717, 1.165) is 25.4 Å². The van der Waals surface area contributed by atoms with Crippen LogP contribution >= 0.6 is 11.8 Å². The van der Waals surface area contributed by atoms with E-state index in [1.54, 1.807) is 0 Å². The molecule has 0 saturated carbocycles. The Hall–Kier alpha value is -0.380. The van der Waals surface area contributed by atoms with Crippen molar-refractivity contribution in [3.63, 3.8) is 0 Å². The zero-order valence-corrected chi connectivity index (χ0v) is 9.78. The smallest absolute Gasteiger partial charge is 0.188 e. The molecule has 0 aromatic carbocycles. The monoisotopic (exact) mass is 215 g/mol. The third kappa shape index (κ3) is 4.74. The summed E-state index contributed by atoms with van der Waals surface area (Å²) in [6, 6.07) is 0. The molecule has 14 heavy (non-hydrogen) atoms. The molecule has 3 nitrogen and oxygen atoms in total. The van der Waals surface area contributed by atoms with Gasteiger partial charge >= 0.3 is 0 Å². The average molecular weight is 215 g/mol. The summed E-state index contributed by atoms with van der Waals surface area (Å²) < 4.78 is 0. The Labute approximate surface area is 90.9 Å². The van der Waals surface area contributed by atoms with Crippen molar-refractivity contribution >= 4 is 17.7 Å². The Kier molecular flexibility index (Phi) is 5.83. The fourth-order valence-corrected chi connectivity index (χ4v) is 2.67. The van der Waals surface area contributed by atoms with E-state index in [2.05, 4.69) is 29.0 Å². The average Bonchev–Trinajstić information content (AvgIpc) is 2.25. The first-order valence-corrected chi connectivity index (χ1v) is 6.60. The summed E-state index contributed by atoms with van der Waals surface area (Å²) >= 11 is 2.05. The second-order valence-electron chi connectivity index (χ2n) is 3.71. The van der Waals surface area contributed by atoms with E-state index in [4.69, 9.17) is 5.73 Å². The number of nitrogens with two attached hydrogens (primary N) is 1. The van der Waals surface area contributed by atoms with Crippen molar-refractivity contribution < 1.29 is 0 Å². The van der Waals surface area contributed by atoms with Crippen LogP contribution in [0.15, 0.2) is 4.99 Å². The third-order valence-electron chi connectivity index (χ3n) is 2.42. The lowest BCUT2D eigenvalue weighted by Gasteiger charge is -2.19. The lowest BCUT2D eigenvalue weighted by atomic mass is 10.0. The molecule has 0 aromatic rings. The molecule has 1 aliphatic rings. The topological polar surface area (TPSA) is 50.4 Å². The predicted molar refractivity (Wildman–Crippen MR) is 64.8 cm³/mol. The van der Waals surface area contributed by atoms with Crippen LogP contribution in [0, 0.1) is 5.92 Å². The standard InChI is InChI=1S/C10H21N3S/c1-2-5-12-10(11)13-8-9-3-6-14-7-4-9/h9H,2-8H2,1H3,(H3,11,12,13). The molecule has 1 rings (SSSR count). The molecular weight excluding hydrogens is 194 g/mol. The molecule has 82 valence electrons. The summed E-state index contributed by atoms with van der Waals surface area (Å²) in [6.07, 6.45) is 3.70. The fourth-order valence-electron chi connectivity index (χ4n) is 1.47. The molecule has 0 radical (unpaired) electrons. The number of guanidine groups is 1. The van der Waals surface area contributed by atoms with Gasteiger partial charge in [0.05, 0.1) is 0 Å². The van der Waals surface area contributed by atoms with E-state index in [-0.39, 0.29) is 0 Å². The van der Waals surface area contributed by atoms with Crippen LogP contribution in [0.1, 0.15) is 26.2 Å². The molecule has 3 N–H and O–H groups in total. The minimum absolute atomic E-state index is 0.616. The van der Waals surface area contributed by atoms with Crippen molar-refractivity contribution in [1.82, 2.24) is 5.32 Å². The zero-order valence-electron chi connectivity index (χ0n) is 8.96. The number of hydrogen-bond acceptors (Lipinski definition) is 2. The van der Waals surface area contributed by atoms with E-state index in [1.165, 1.54) is 24.3 Å². The van der Waals surface area contributed by atoms with E-state index < -0.39 is 0 Å². The van der Waals surface area contributed by atoms with Crippen LogP contribution in [-0.2, 0) is 0 Å². The molecule has 0 spiro atoms. The number of thioether (sulfide) groups is 1. The molecule has 4 heteroatoms. The van der Waals surface area contributed by atoms with Crippen molar-refractivity contribution in [3.8, 4) is 0 Å². The number of rotatable bonds is 4. The number of hydrogen-bond donors (Lipinski definition) is 2. The van der Waals surface area contributed by atoms with Crippen molar-refractivity contribution in [2.45, 2.75) is 26.2 Å². The van der Waals surface area contributed by atoms with Crippen LogP contribution in [-0.4, -0.2) is 30.6 Å². The van der Waals surface area contributed by atoms with Gasteiger partial charge in [-0.05, 0) is 36.7 Å². The van der Waals surface area contributed by atoms with Gasteiger partial charge < -0.3 is 11.1 Å². The predicted octanol–water partition coefficient (Wildman–Crippen LogP) is 1.44. The van der Waals surface area contributed by atoms with Crippen molar-refractivity contribution in [1.29, 1.82) is 0 Å². The largest absolute Gasteiger partial charge is 0.370 e. The minimum Gasteiger partial charge on any atom is -0.370 e. The van der Waals surface area contributed by atoms with Gasteiger partial charge in [0.2, 0.25) is 0 Å². The lowest BCUT2D eigenvalue weighted by molar-refractivity contribution is 0.502. The zero-order chi connectivity index (χ0) is 10.2. The van der Waals surface area contributed by atoms with Crippen LogP contribution in [0.5, 0.6) is 0 Å². The third-order valence-corrected chi connectivity index (χ3v) is 3.47. The quantitative estimate of drug-likeness (QED) is 0.551. The number of aliphatic imine (C=N–C) groups is 1. The Morgan fingerprint density at radius 3 is 2.86 bits per heavy atom. The Morgan fingerprint density at radius 1 is 1.50 bits per heavy atom. The Balaban J connectivity index is 2.15. The highest BCUT2D eigenvalue weighted by molar-refractivity contribution is 7.99. The summed E-state index contributed by atoms with van der Waals surface area (Å²) in [5.41, 5.74) is 5.71. The SMILES string of the molecule is CCCNC(N)=NCC1CCSCC1. The summed E-state index contributed by atoms with van der Waals surface area (Å²) in [7, 11) is 0. The summed E-state index contributed by atoms with van der Waals surface area (Å²) in [5, 5.41) is 3.09. The summed E-state index contributed by atoms with van der Waals surface area (Å²) in [6.45, 7) is 3.96. The number of nitrogens with one attached hydrogen (secondary N) is 1. The Morgan fingerprint density at radius 2 is 2.21 bits per heavy atom.